The number of hydrogen-bond donors (Lipinski definition) is 2. The summed E-state index contributed by atoms with van der Waals surface area (Å²) in [5.41, 5.74) is 1.13. The minimum Gasteiger partial charge on any atom is -0.481 e. The van der Waals surface area contributed by atoms with Crippen molar-refractivity contribution in [3.05, 3.63) is 17.0 Å². The summed E-state index contributed by atoms with van der Waals surface area (Å²) < 4.78 is 5.03. The molecule has 2 rings (SSSR count). The van der Waals surface area contributed by atoms with Crippen LogP contribution in [0.2, 0.25) is 0 Å². The second-order valence-corrected chi connectivity index (χ2v) is 4.93. The fourth-order valence-corrected chi connectivity index (χ4v) is 2.54. The molecule has 1 heterocycles. The van der Waals surface area contributed by atoms with Crippen LogP contribution in [0, 0.1) is 12.8 Å². The van der Waals surface area contributed by atoms with E-state index in [2.05, 4.69) is 10.5 Å². The zero-order valence-electron chi connectivity index (χ0n) is 11.1. The predicted octanol–water partition coefficient (Wildman–Crippen LogP) is 1.53. The van der Waals surface area contributed by atoms with Crippen molar-refractivity contribution in [2.75, 3.05) is 0 Å². The van der Waals surface area contributed by atoms with Gasteiger partial charge in [0.2, 0.25) is 0 Å². The quantitative estimate of drug-likeness (QED) is 0.862. The fraction of sp³-hybridized carbons (Fsp3) is 0.615. The molecule has 0 aromatic carbocycles. The zero-order chi connectivity index (χ0) is 14.0. The van der Waals surface area contributed by atoms with Gasteiger partial charge in [-0.3, -0.25) is 9.59 Å². The first-order chi connectivity index (χ1) is 9.02. The molecule has 2 unspecified atom stereocenters. The summed E-state index contributed by atoms with van der Waals surface area (Å²) in [4.78, 5) is 23.1. The molecule has 1 amide bonds. The first-order valence-corrected chi connectivity index (χ1v) is 6.51. The van der Waals surface area contributed by atoms with Crippen LogP contribution in [0.1, 0.15) is 48.0 Å². The number of amides is 1. The van der Waals surface area contributed by atoms with Gasteiger partial charge in [-0.15, -0.1) is 0 Å². The van der Waals surface area contributed by atoms with Gasteiger partial charge in [-0.05, 0) is 32.6 Å². The van der Waals surface area contributed by atoms with Crippen LogP contribution in [0.3, 0.4) is 0 Å². The number of aliphatic carboxylic acids is 1. The number of carbonyl (C=O) groups is 2. The summed E-state index contributed by atoms with van der Waals surface area (Å²) in [6.07, 6.45) is 2.44. The highest BCUT2D eigenvalue weighted by molar-refractivity contribution is 5.96. The van der Waals surface area contributed by atoms with Gasteiger partial charge < -0.3 is 14.9 Å². The molecule has 1 saturated carbocycles. The van der Waals surface area contributed by atoms with Crippen LogP contribution >= 0.6 is 0 Å². The second kappa shape index (κ2) is 5.42. The summed E-state index contributed by atoms with van der Waals surface area (Å²) in [6.45, 7) is 3.61. The number of carboxylic acids is 1. The third-order valence-corrected chi connectivity index (χ3v) is 3.61. The van der Waals surface area contributed by atoms with Gasteiger partial charge in [-0.1, -0.05) is 12.1 Å². The molecule has 0 radical (unpaired) electrons. The topological polar surface area (TPSA) is 92.4 Å². The zero-order valence-corrected chi connectivity index (χ0v) is 11.1. The summed E-state index contributed by atoms with van der Waals surface area (Å²) in [7, 11) is 0. The molecule has 19 heavy (non-hydrogen) atoms. The number of nitrogens with zero attached hydrogens (tertiary/aromatic N) is 1. The molecule has 6 heteroatoms. The number of carbonyl (C=O) groups excluding carboxylic acids is 1. The molecule has 6 nitrogen and oxygen atoms in total. The summed E-state index contributed by atoms with van der Waals surface area (Å²) in [5.74, 6) is -0.847. The van der Waals surface area contributed by atoms with E-state index in [1.165, 1.54) is 0 Å². The Hall–Kier alpha value is -1.85. The van der Waals surface area contributed by atoms with E-state index < -0.39 is 5.97 Å². The average Bonchev–Trinajstić information content (AvgIpc) is 2.95. The molecule has 0 spiro atoms. The van der Waals surface area contributed by atoms with Crippen molar-refractivity contribution in [1.29, 1.82) is 0 Å². The second-order valence-electron chi connectivity index (χ2n) is 4.93. The van der Waals surface area contributed by atoms with E-state index in [4.69, 9.17) is 9.63 Å². The van der Waals surface area contributed by atoms with Gasteiger partial charge >= 0.3 is 5.97 Å². The van der Waals surface area contributed by atoms with Gasteiger partial charge in [-0.25, -0.2) is 0 Å². The van der Waals surface area contributed by atoms with Crippen molar-refractivity contribution in [3.8, 4) is 0 Å². The van der Waals surface area contributed by atoms with Gasteiger partial charge in [0, 0.05) is 6.04 Å². The van der Waals surface area contributed by atoms with Crippen molar-refractivity contribution in [2.24, 2.45) is 5.92 Å². The number of aromatic nitrogens is 1. The molecule has 1 aromatic heterocycles. The van der Waals surface area contributed by atoms with E-state index >= 15 is 0 Å². The highest BCUT2D eigenvalue weighted by atomic mass is 16.5. The first-order valence-electron chi connectivity index (χ1n) is 6.51. The molecule has 1 aliphatic carbocycles. The van der Waals surface area contributed by atoms with Crippen molar-refractivity contribution in [2.45, 2.75) is 45.6 Å². The Morgan fingerprint density at radius 2 is 2.21 bits per heavy atom. The largest absolute Gasteiger partial charge is 0.481 e. The number of nitrogens with one attached hydrogen (secondary N) is 1. The molecule has 2 atom stereocenters. The van der Waals surface area contributed by atoms with Crippen LogP contribution in [-0.2, 0) is 11.2 Å². The van der Waals surface area contributed by atoms with Crippen molar-refractivity contribution >= 4 is 11.9 Å². The molecular weight excluding hydrogens is 248 g/mol. The monoisotopic (exact) mass is 266 g/mol. The lowest BCUT2D eigenvalue weighted by Gasteiger charge is -2.12. The smallest absolute Gasteiger partial charge is 0.306 e. The summed E-state index contributed by atoms with van der Waals surface area (Å²) in [5, 5.41) is 15.7. The summed E-state index contributed by atoms with van der Waals surface area (Å²) in [6, 6.07) is -0.0763. The van der Waals surface area contributed by atoms with Crippen LogP contribution in [0.25, 0.3) is 0 Å². The Labute approximate surface area is 111 Å². The van der Waals surface area contributed by atoms with Gasteiger partial charge in [0.05, 0.1) is 11.6 Å². The first kappa shape index (κ1) is 13.6. The number of carboxylic acid groups (broad SMARTS) is 1. The van der Waals surface area contributed by atoms with E-state index in [1.54, 1.807) is 6.92 Å². The van der Waals surface area contributed by atoms with Crippen LogP contribution in [0.5, 0.6) is 0 Å². The van der Waals surface area contributed by atoms with E-state index in [9.17, 15) is 9.59 Å². The molecule has 2 N–H and O–H groups in total. The van der Waals surface area contributed by atoms with E-state index in [-0.39, 0.29) is 17.9 Å². The molecule has 1 aliphatic rings. The van der Waals surface area contributed by atoms with E-state index in [1.807, 2.05) is 6.92 Å². The highest BCUT2D eigenvalue weighted by Gasteiger charge is 2.31. The Balaban J connectivity index is 2.02. The SMILES string of the molecule is CCc1noc(C)c1C(=O)NC1CCC(C(=O)O)C1. The van der Waals surface area contributed by atoms with Crippen molar-refractivity contribution in [1.82, 2.24) is 10.5 Å². The lowest BCUT2D eigenvalue weighted by Crippen LogP contribution is -2.34. The number of aryl methyl sites for hydroxylation is 2. The molecule has 0 aliphatic heterocycles. The fourth-order valence-electron chi connectivity index (χ4n) is 2.54. The van der Waals surface area contributed by atoms with E-state index in [0.29, 0.717) is 42.7 Å². The third-order valence-electron chi connectivity index (χ3n) is 3.61. The van der Waals surface area contributed by atoms with Crippen LogP contribution in [0.15, 0.2) is 4.52 Å². The van der Waals surface area contributed by atoms with E-state index in [0.717, 1.165) is 0 Å². The third kappa shape index (κ3) is 2.77. The molecule has 1 aromatic rings. The molecule has 0 bridgehead atoms. The minimum absolute atomic E-state index is 0.0763. The maximum absolute atomic E-state index is 12.2. The predicted molar refractivity (Wildman–Crippen MR) is 66.8 cm³/mol. The van der Waals surface area contributed by atoms with Crippen LogP contribution in [-0.4, -0.2) is 28.2 Å². The Kier molecular flexibility index (Phi) is 3.87. The summed E-state index contributed by atoms with van der Waals surface area (Å²) >= 11 is 0. The normalized spacial score (nSPS) is 22.4. The van der Waals surface area contributed by atoms with Crippen LogP contribution < -0.4 is 5.32 Å². The number of hydrogen-bond acceptors (Lipinski definition) is 4. The molecule has 1 fully saturated rings. The molecule has 0 saturated heterocycles. The van der Waals surface area contributed by atoms with Gasteiger partial charge in [0.1, 0.15) is 11.3 Å². The van der Waals surface area contributed by atoms with Gasteiger partial charge in [0.15, 0.2) is 0 Å². The number of rotatable bonds is 4. The van der Waals surface area contributed by atoms with Gasteiger partial charge in [-0.2, -0.15) is 0 Å². The maximum Gasteiger partial charge on any atom is 0.306 e. The van der Waals surface area contributed by atoms with Gasteiger partial charge in [0.25, 0.3) is 5.91 Å². The lowest BCUT2D eigenvalue weighted by atomic mass is 10.1. The average molecular weight is 266 g/mol. The lowest BCUT2D eigenvalue weighted by molar-refractivity contribution is -0.141. The Bertz CT molecular complexity index is 495. The van der Waals surface area contributed by atoms with Crippen molar-refractivity contribution in [3.63, 3.8) is 0 Å². The highest BCUT2D eigenvalue weighted by Crippen LogP contribution is 2.26. The molecule has 104 valence electrons. The Morgan fingerprint density at radius 1 is 1.47 bits per heavy atom. The standard InChI is InChI=1S/C13H18N2O4/c1-3-10-11(7(2)19-15-10)12(16)14-9-5-4-8(6-9)13(17)18/h8-9H,3-6H2,1-2H3,(H,14,16)(H,17,18). The minimum atomic E-state index is -0.785. The van der Waals surface area contributed by atoms with Crippen LogP contribution in [0.4, 0.5) is 0 Å². The maximum atomic E-state index is 12.2. The molecular formula is C13H18N2O4. The Morgan fingerprint density at radius 3 is 2.79 bits per heavy atom. The van der Waals surface area contributed by atoms with Crippen molar-refractivity contribution < 1.29 is 19.2 Å².